The van der Waals surface area contributed by atoms with Gasteiger partial charge in [0.2, 0.25) is 0 Å². The number of aromatic hydroxyl groups is 1. The van der Waals surface area contributed by atoms with Gasteiger partial charge in [0.15, 0.2) is 11.5 Å². The van der Waals surface area contributed by atoms with Crippen molar-refractivity contribution in [3.05, 3.63) is 70.8 Å². The van der Waals surface area contributed by atoms with Crippen molar-refractivity contribution in [3.8, 4) is 17.6 Å². The molecule has 0 aliphatic rings. The molecule has 0 spiro atoms. The van der Waals surface area contributed by atoms with E-state index in [4.69, 9.17) is 4.74 Å². The van der Waals surface area contributed by atoms with Gasteiger partial charge in [0.25, 0.3) is 5.91 Å². The third-order valence-electron chi connectivity index (χ3n) is 4.37. The van der Waals surface area contributed by atoms with E-state index < -0.39 is 5.91 Å². The smallest absolute Gasteiger partial charge is 0.266 e. The van der Waals surface area contributed by atoms with Gasteiger partial charge in [0, 0.05) is 11.3 Å². The molecule has 0 fully saturated rings. The summed E-state index contributed by atoms with van der Waals surface area (Å²) in [6, 6.07) is 10.9. The maximum absolute atomic E-state index is 12.6. The highest BCUT2D eigenvalue weighted by molar-refractivity contribution is 6.10. The summed E-state index contributed by atoms with van der Waals surface area (Å²) in [6.45, 7) is 9.75. The Kier molecular flexibility index (Phi) is 7.00. The molecule has 0 aromatic heterocycles. The fourth-order valence-electron chi connectivity index (χ4n) is 2.74. The number of ether oxygens (including phenoxy) is 1. The highest BCUT2D eigenvalue weighted by Gasteiger charge is 2.14. The number of nitrogens with zero attached hydrogens (tertiary/aromatic N) is 1. The molecule has 0 saturated heterocycles. The first kappa shape index (κ1) is 20.8. The van der Waals surface area contributed by atoms with Crippen molar-refractivity contribution in [2.24, 2.45) is 0 Å². The van der Waals surface area contributed by atoms with Crippen molar-refractivity contribution in [2.45, 2.75) is 27.2 Å². The van der Waals surface area contributed by atoms with Crippen LogP contribution in [0.5, 0.6) is 11.5 Å². The predicted molar refractivity (Wildman–Crippen MR) is 111 cm³/mol. The van der Waals surface area contributed by atoms with E-state index in [0.717, 1.165) is 11.1 Å². The third-order valence-corrected chi connectivity index (χ3v) is 4.37. The summed E-state index contributed by atoms with van der Waals surface area (Å²) in [5, 5.41) is 22.6. The Morgan fingerprint density at radius 2 is 2.11 bits per heavy atom. The zero-order chi connectivity index (χ0) is 20.7. The molecule has 0 atom stereocenters. The lowest BCUT2D eigenvalue weighted by Gasteiger charge is -2.12. The Balaban J connectivity index is 2.40. The molecule has 0 radical (unpaired) electrons. The number of nitrogens with one attached hydrogen (secondary N) is 1. The number of nitriles is 1. The molecule has 5 heteroatoms. The monoisotopic (exact) mass is 376 g/mol. The van der Waals surface area contributed by atoms with Gasteiger partial charge in [-0.05, 0) is 68.2 Å². The van der Waals surface area contributed by atoms with Crippen molar-refractivity contribution in [1.29, 1.82) is 5.26 Å². The lowest BCUT2D eigenvalue weighted by Crippen LogP contribution is -2.14. The SMILES string of the molecule is C=CCc1cc(/C=C(\C#N)C(=O)Nc2cccc(C)c2C)cc(OCC)c1O. The summed E-state index contributed by atoms with van der Waals surface area (Å²) >= 11 is 0. The van der Waals surface area contributed by atoms with Crippen LogP contribution in [0.25, 0.3) is 6.08 Å². The van der Waals surface area contributed by atoms with E-state index in [1.165, 1.54) is 6.08 Å². The highest BCUT2D eigenvalue weighted by Crippen LogP contribution is 2.33. The quantitative estimate of drug-likeness (QED) is 0.417. The van der Waals surface area contributed by atoms with Crippen LogP contribution >= 0.6 is 0 Å². The fourth-order valence-corrected chi connectivity index (χ4v) is 2.74. The van der Waals surface area contributed by atoms with E-state index >= 15 is 0 Å². The molecule has 0 aliphatic heterocycles. The molecule has 0 saturated carbocycles. The number of phenolic OH excluding ortho intramolecular Hbond substituents is 1. The van der Waals surface area contributed by atoms with Crippen molar-refractivity contribution >= 4 is 17.7 Å². The van der Waals surface area contributed by atoms with Crippen molar-refractivity contribution in [1.82, 2.24) is 0 Å². The second-order valence-electron chi connectivity index (χ2n) is 6.32. The minimum atomic E-state index is -0.493. The molecule has 1 amide bonds. The van der Waals surface area contributed by atoms with Gasteiger partial charge in [0.05, 0.1) is 6.61 Å². The van der Waals surface area contributed by atoms with Gasteiger partial charge in [-0.15, -0.1) is 6.58 Å². The third kappa shape index (κ3) is 4.80. The molecule has 2 aromatic rings. The van der Waals surface area contributed by atoms with Crippen LogP contribution in [0.3, 0.4) is 0 Å². The Labute approximate surface area is 165 Å². The summed E-state index contributed by atoms with van der Waals surface area (Å²) in [4.78, 5) is 12.6. The molecule has 0 aliphatic carbocycles. The zero-order valence-corrected chi connectivity index (χ0v) is 16.4. The lowest BCUT2D eigenvalue weighted by atomic mass is 10.0. The number of anilines is 1. The lowest BCUT2D eigenvalue weighted by molar-refractivity contribution is -0.112. The highest BCUT2D eigenvalue weighted by atomic mass is 16.5. The second kappa shape index (κ2) is 9.43. The number of rotatable bonds is 7. The summed E-state index contributed by atoms with van der Waals surface area (Å²) in [6.07, 6.45) is 3.58. The van der Waals surface area contributed by atoms with Gasteiger partial charge < -0.3 is 15.2 Å². The molecule has 2 rings (SSSR count). The van der Waals surface area contributed by atoms with Crippen LogP contribution in [0.2, 0.25) is 0 Å². The number of hydrogen-bond donors (Lipinski definition) is 2. The average molecular weight is 376 g/mol. The molecule has 2 aromatic carbocycles. The van der Waals surface area contributed by atoms with Gasteiger partial charge in [-0.2, -0.15) is 5.26 Å². The Bertz CT molecular complexity index is 969. The average Bonchev–Trinajstić information content (AvgIpc) is 2.67. The molecule has 0 bridgehead atoms. The first-order valence-electron chi connectivity index (χ1n) is 9.00. The van der Waals surface area contributed by atoms with E-state index in [1.54, 1.807) is 24.3 Å². The van der Waals surface area contributed by atoms with Crippen LogP contribution in [-0.2, 0) is 11.2 Å². The molecule has 0 heterocycles. The Morgan fingerprint density at radius 1 is 1.36 bits per heavy atom. The van der Waals surface area contributed by atoms with Crippen molar-refractivity contribution in [2.75, 3.05) is 11.9 Å². The van der Waals surface area contributed by atoms with Crippen molar-refractivity contribution in [3.63, 3.8) is 0 Å². The number of allylic oxidation sites excluding steroid dienone is 1. The Hall–Kier alpha value is -3.52. The maximum Gasteiger partial charge on any atom is 0.266 e. The summed E-state index contributed by atoms with van der Waals surface area (Å²) in [7, 11) is 0. The van der Waals surface area contributed by atoms with E-state index in [0.29, 0.717) is 35.6 Å². The zero-order valence-electron chi connectivity index (χ0n) is 16.4. The normalized spacial score (nSPS) is 10.9. The van der Waals surface area contributed by atoms with Crippen LogP contribution in [0, 0.1) is 25.2 Å². The molecular weight excluding hydrogens is 352 g/mol. The van der Waals surface area contributed by atoms with E-state index in [2.05, 4.69) is 11.9 Å². The van der Waals surface area contributed by atoms with E-state index in [9.17, 15) is 15.2 Å². The number of hydrogen-bond acceptors (Lipinski definition) is 4. The van der Waals surface area contributed by atoms with Crippen LogP contribution in [0.4, 0.5) is 5.69 Å². The number of amides is 1. The van der Waals surface area contributed by atoms with Crippen molar-refractivity contribution < 1.29 is 14.6 Å². The number of phenols is 1. The fraction of sp³-hybridized carbons (Fsp3) is 0.217. The van der Waals surface area contributed by atoms with Gasteiger partial charge in [0.1, 0.15) is 11.6 Å². The van der Waals surface area contributed by atoms with Crippen LogP contribution in [0.1, 0.15) is 29.2 Å². The van der Waals surface area contributed by atoms with E-state index in [-0.39, 0.29) is 11.3 Å². The largest absolute Gasteiger partial charge is 0.504 e. The molecule has 144 valence electrons. The summed E-state index contributed by atoms with van der Waals surface area (Å²) in [5.41, 5.74) is 3.82. The summed E-state index contributed by atoms with van der Waals surface area (Å²) < 4.78 is 5.47. The van der Waals surface area contributed by atoms with E-state index in [1.807, 2.05) is 39.0 Å². The first-order chi connectivity index (χ1) is 13.4. The Morgan fingerprint density at radius 3 is 2.75 bits per heavy atom. The van der Waals surface area contributed by atoms with Crippen LogP contribution in [0.15, 0.2) is 48.6 Å². The molecule has 5 nitrogen and oxygen atoms in total. The molecule has 2 N–H and O–H groups in total. The minimum Gasteiger partial charge on any atom is -0.504 e. The molecule has 28 heavy (non-hydrogen) atoms. The molecule has 0 unspecified atom stereocenters. The second-order valence-corrected chi connectivity index (χ2v) is 6.32. The minimum absolute atomic E-state index is 0.0391. The van der Waals surface area contributed by atoms with Crippen LogP contribution in [-0.4, -0.2) is 17.6 Å². The van der Waals surface area contributed by atoms with Gasteiger partial charge in [-0.25, -0.2) is 0 Å². The predicted octanol–water partition coefficient (Wildman–Crippen LogP) is 4.68. The van der Waals surface area contributed by atoms with Gasteiger partial charge in [-0.1, -0.05) is 18.2 Å². The standard InChI is InChI=1S/C23H24N2O3/c1-5-8-18-11-17(13-21(22(18)26)28-6-2)12-19(14-24)23(27)25-20-10-7-9-15(3)16(20)4/h5,7,9-13,26H,1,6,8H2,2-4H3,(H,25,27)/b19-12+. The number of carbonyl (C=O) groups is 1. The number of aryl methyl sites for hydroxylation is 1. The first-order valence-corrected chi connectivity index (χ1v) is 9.00. The number of carbonyl (C=O) groups excluding carboxylic acids is 1. The number of benzene rings is 2. The maximum atomic E-state index is 12.6. The summed E-state index contributed by atoms with van der Waals surface area (Å²) in [5.74, 6) is -0.148. The van der Waals surface area contributed by atoms with Crippen LogP contribution < -0.4 is 10.1 Å². The molecular formula is C23H24N2O3. The van der Waals surface area contributed by atoms with Gasteiger partial charge >= 0.3 is 0 Å². The van der Waals surface area contributed by atoms with Gasteiger partial charge in [-0.3, -0.25) is 4.79 Å². The topological polar surface area (TPSA) is 82.4 Å².